The smallest absolute Gasteiger partial charge is 0.435 e. The van der Waals surface area contributed by atoms with Crippen molar-refractivity contribution in [1.29, 1.82) is 0 Å². The average molecular weight is 460 g/mol. The Kier molecular flexibility index (Phi) is 7.22. The number of carbonyl (C=O) groups is 2. The van der Waals surface area contributed by atoms with E-state index < -0.39 is 6.09 Å². The number of amides is 1. The number of piperazine rings is 1. The lowest BCUT2D eigenvalue weighted by Gasteiger charge is -2.52. The summed E-state index contributed by atoms with van der Waals surface area (Å²) in [5, 5.41) is 13.4. The number of quaternary nitrogens is 1. The third-order valence-corrected chi connectivity index (χ3v) is 6.61. The number of pyridine rings is 1. The topological polar surface area (TPSA) is 82.5 Å². The highest BCUT2D eigenvalue weighted by Gasteiger charge is 2.54. The van der Waals surface area contributed by atoms with E-state index in [1.165, 1.54) is 0 Å². The van der Waals surface area contributed by atoms with Gasteiger partial charge in [0.15, 0.2) is 5.78 Å². The molecule has 1 aromatic carbocycles. The lowest BCUT2D eigenvalue weighted by molar-refractivity contribution is -0.929. The molecule has 0 bridgehead atoms. The largest absolute Gasteiger partial charge is 0.514 e. The molecule has 0 aliphatic carbocycles. The van der Waals surface area contributed by atoms with Crippen LogP contribution in [-0.4, -0.2) is 69.1 Å². The molecular weight excluding hydrogens is 428 g/mol. The Bertz CT molecular complexity index is 974. The van der Waals surface area contributed by atoms with Gasteiger partial charge in [-0.2, -0.15) is 4.79 Å². The summed E-state index contributed by atoms with van der Waals surface area (Å²) < 4.78 is 0.0852. The van der Waals surface area contributed by atoms with Crippen LogP contribution in [0.4, 0.5) is 10.5 Å². The first-order chi connectivity index (χ1) is 15.0. The molecule has 1 aromatic heterocycles. The summed E-state index contributed by atoms with van der Waals surface area (Å²) in [7, 11) is 0. The molecule has 2 atom stereocenters. The van der Waals surface area contributed by atoms with Gasteiger partial charge in [0.2, 0.25) is 0 Å². The summed E-state index contributed by atoms with van der Waals surface area (Å²) in [4.78, 5) is 30.8. The molecular formula is C24H32ClN4O3+. The first-order valence-electron chi connectivity index (χ1n) is 10.9. The quantitative estimate of drug-likeness (QED) is 0.375. The van der Waals surface area contributed by atoms with Crippen LogP contribution in [-0.2, 0) is 6.54 Å². The fourth-order valence-electron chi connectivity index (χ4n) is 4.66. The van der Waals surface area contributed by atoms with Crippen molar-refractivity contribution in [3.05, 3.63) is 58.9 Å². The van der Waals surface area contributed by atoms with Gasteiger partial charge in [0, 0.05) is 18.8 Å². The van der Waals surface area contributed by atoms with Crippen molar-refractivity contribution in [3.63, 3.8) is 0 Å². The van der Waals surface area contributed by atoms with Crippen LogP contribution >= 0.6 is 11.6 Å². The summed E-state index contributed by atoms with van der Waals surface area (Å²) in [6.07, 6.45) is -0.748. The first-order valence-corrected chi connectivity index (χ1v) is 11.2. The number of nitrogens with one attached hydrogen (secondary N) is 1. The molecule has 2 aromatic rings. The number of benzene rings is 1. The Labute approximate surface area is 194 Å². The summed E-state index contributed by atoms with van der Waals surface area (Å²) in [5.74, 6) is -0.127. The second-order valence-electron chi connectivity index (χ2n) is 9.45. The highest BCUT2D eigenvalue weighted by Crippen LogP contribution is 2.32. The van der Waals surface area contributed by atoms with Crippen LogP contribution in [0.5, 0.6) is 0 Å². The molecule has 1 saturated heterocycles. The lowest BCUT2D eigenvalue weighted by atomic mass is 9.95. The number of ketones is 1. The number of rotatable bonds is 6. The van der Waals surface area contributed by atoms with Crippen LogP contribution in [0.3, 0.4) is 0 Å². The maximum Gasteiger partial charge on any atom is 0.514 e. The van der Waals surface area contributed by atoms with Gasteiger partial charge in [-0.3, -0.25) is 9.69 Å². The molecule has 32 heavy (non-hydrogen) atoms. The van der Waals surface area contributed by atoms with E-state index >= 15 is 0 Å². The molecule has 8 heteroatoms. The van der Waals surface area contributed by atoms with Crippen LogP contribution in [0.25, 0.3) is 0 Å². The second-order valence-corrected chi connectivity index (χ2v) is 9.84. The van der Waals surface area contributed by atoms with E-state index in [1.807, 2.05) is 52.0 Å². The molecule has 1 fully saturated rings. The molecule has 1 aliphatic heterocycles. The van der Waals surface area contributed by atoms with Crippen LogP contribution in [0.2, 0.25) is 5.15 Å². The predicted molar refractivity (Wildman–Crippen MR) is 126 cm³/mol. The van der Waals surface area contributed by atoms with Crippen LogP contribution in [0, 0.1) is 0 Å². The summed E-state index contributed by atoms with van der Waals surface area (Å²) >= 11 is 5.85. The van der Waals surface area contributed by atoms with Crippen molar-refractivity contribution in [1.82, 2.24) is 9.88 Å². The van der Waals surface area contributed by atoms with E-state index in [0.29, 0.717) is 17.4 Å². The molecule has 0 radical (unpaired) electrons. The number of hydrogen-bond donors (Lipinski definition) is 2. The third kappa shape index (κ3) is 5.11. The summed E-state index contributed by atoms with van der Waals surface area (Å²) in [6.45, 7) is 11.0. The molecule has 172 valence electrons. The lowest BCUT2D eigenvalue weighted by Crippen LogP contribution is -2.73. The van der Waals surface area contributed by atoms with Gasteiger partial charge in [-0.25, -0.2) is 9.47 Å². The minimum atomic E-state index is -0.748. The SMILES string of the molecule is C[C@H]1CN(Cc2ccc(NCC(=O)c3cccc(Cl)n3)cc2)CC[N+]1(C(=O)O)C(C)(C)C. The van der Waals surface area contributed by atoms with Crippen molar-refractivity contribution in [3.8, 4) is 0 Å². The van der Waals surface area contributed by atoms with Gasteiger partial charge in [0.25, 0.3) is 0 Å². The van der Waals surface area contributed by atoms with Crippen LogP contribution < -0.4 is 5.32 Å². The zero-order valence-corrected chi connectivity index (χ0v) is 19.9. The Morgan fingerprint density at radius 1 is 1.22 bits per heavy atom. The van der Waals surface area contributed by atoms with Gasteiger partial charge in [-0.1, -0.05) is 29.8 Å². The number of anilines is 1. The number of carbonyl (C=O) groups excluding carboxylic acids is 1. The van der Waals surface area contributed by atoms with Gasteiger partial charge in [-0.15, -0.1) is 0 Å². The van der Waals surface area contributed by atoms with Crippen molar-refractivity contribution >= 4 is 29.2 Å². The molecule has 3 rings (SSSR count). The van der Waals surface area contributed by atoms with E-state index in [-0.39, 0.29) is 28.4 Å². The zero-order chi connectivity index (χ0) is 23.5. The summed E-state index contributed by atoms with van der Waals surface area (Å²) in [5.41, 5.74) is 1.98. The fraction of sp³-hybridized carbons (Fsp3) is 0.458. The second kappa shape index (κ2) is 9.57. The maximum atomic E-state index is 12.3. The number of nitrogens with zero attached hydrogens (tertiary/aromatic N) is 3. The van der Waals surface area contributed by atoms with E-state index in [0.717, 1.165) is 30.9 Å². The van der Waals surface area contributed by atoms with Gasteiger partial charge < -0.3 is 10.4 Å². The van der Waals surface area contributed by atoms with Crippen LogP contribution in [0.1, 0.15) is 43.7 Å². The molecule has 1 amide bonds. The van der Waals surface area contributed by atoms with E-state index in [9.17, 15) is 14.7 Å². The Morgan fingerprint density at radius 3 is 2.47 bits per heavy atom. The number of carboxylic acid groups (broad SMARTS) is 1. The van der Waals surface area contributed by atoms with E-state index in [2.05, 4.69) is 15.2 Å². The fourth-order valence-corrected chi connectivity index (χ4v) is 4.82. The number of aromatic nitrogens is 1. The zero-order valence-electron chi connectivity index (χ0n) is 19.1. The van der Waals surface area contributed by atoms with E-state index in [4.69, 9.17) is 11.6 Å². The molecule has 2 heterocycles. The van der Waals surface area contributed by atoms with Crippen molar-refractivity contribution in [2.75, 3.05) is 31.5 Å². The summed E-state index contributed by atoms with van der Waals surface area (Å²) in [6, 6.07) is 13.0. The highest BCUT2D eigenvalue weighted by atomic mass is 35.5. The molecule has 7 nitrogen and oxygen atoms in total. The van der Waals surface area contributed by atoms with Gasteiger partial charge >= 0.3 is 6.09 Å². The molecule has 0 spiro atoms. The Balaban J connectivity index is 1.56. The van der Waals surface area contributed by atoms with Gasteiger partial charge in [0.1, 0.15) is 29.0 Å². The minimum absolute atomic E-state index is 0.00620. The molecule has 1 aliphatic rings. The van der Waals surface area contributed by atoms with E-state index in [1.54, 1.807) is 18.2 Å². The monoisotopic (exact) mass is 459 g/mol. The van der Waals surface area contributed by atoms with Crippen molar-refractivity contribution in [2.45, 2.75) is 45.8 Å². The van der Waals surface area contributed by atoms with Crippen molar-refractivity contribution in [2.24, 2.45) is 0 Å². The van der Waals surface area contributed by atoms with Crippen molar-refractivity contribution < 1.29 is 19.2 Å². The standard InChI is InChI=1S/C24H31ClN4O3/c1-17-15-28(12-13-29(17,23(31)32)24(2,3)4)16-18-8-10-19(11-9-18)26-14-21(30)20-6-5-7-22(25)27-20/h5-11,17,26H,12-16H2,1-4H3/p+1/t17-,29?/m0/s1. The van der Waals surface area contributed by atoms with Crippen LogP contribution in [0.15, 0.2) is 42.5 Å². The number of halogens is 1. The maximum absolute atomic E-state index is 12.3. The minimum Gasteiger partial charge on any atom is -0.435 e. The molecule has 0 saturated carbocycles. The van der Waals surface area contributed by atoms with Gasteiger partial charge in [-0.05, 0) is 57.5 Å². The Morgan fingerprint density at radius 2 is 1.91 bits per heavy atom. The number of Topliss-reactive ketones (excluding diaryl/α,β-unsaturated/α-hetero) is 1. The molecule has 2 N–H and O–H groups in total. The predicted octanol–water partition coefficient (Wildman–Crippen LogP) is 4.53. The van der Waals surface area contributed by atoms with Gasteiger partial charge in [0.05, 0.1) is 13.1 Å². The highest BCUT2D eigenvalue weighted by molar-refractivity contribution is 6.29. The average Bonchev–Trinajstić information content (AvgIpc) is 2.72. The normalized spacial score (nSPS) is 21.8. The number of hydrogen-bond acceptors (Lipinski definition) is 5. The Hall–Kier alpha value is -2.48. The first kappa shape index (κ1) is 24.2. The third-order valence-electron chi connectivity index (χ3n) is 6.40. The molecule has 1 unspecified atom stereocenters.